The maximum absolute atomic E-state index is 12.6. The van der Waals surface area contributed by atoms with E-state index in [9.17, 15) is 9.59 Å². The summed E-state index contributed by atoms with van der Waals surface area (Å²) in [7, 11) is 0. The summed E-state index contributed by atoms with van der Waals surface area (Å²) in [5, 5.41) is 8.85. The van der Waals surface area contributed by atoms with E-state index in [4.69, 9.17) is 4.74 Å². The third-order valence-electron chi connectivity index (χ3n) is 5.04. The molecule has 1 fully saturated rings. The second-order valence-corrected chi connectivity index (χ2v) is 8.36. The summed E-state index contributed by atoms with van der Waals surface area (Å²) in [6, 6.07) is 5.08. The van der Waals surface area contributed by atoms with Gasteiger partial charge in [-0.3, -0.25) is 9.59 Å². The maximum Gasteiger partial charge on any atom is 0.274 e. The fourth-order valence-electron chi connectivity index (χ4n) is 3.41. The van der Waals surface area contributed by atoms with Crippen molar-refractivity contribution in [1.82, 2.24) is 24.5 Å². The smallest absolute Gasteiger partial charge is 0.274 e. The molecule has 27 heavy (non-hydrogen) atoms. The molecule has 2 aliphatic rings. The molecular weight excluding hydrogens is 346 g/mol. The summed E-state index contributed by atoms with van der Waals surface area (Å²) < 4.78 is 8.79. The number of hydrogen-bond acceptors (Lipinski definition) is 5. The van der Waals surface area contributed by atoms with Crippen LogP contribution in [-0.2, 0) is 18.5 Å². The largest absolute Gasteiger partial charge is 0.478 e. The third-order valence-corrected chi connectivity index (χ3v) is 5.04. The van der Waals surface area contributed by atoms with E-state index < -0.39 is 0 Å². The van der Waals surface area contributed by atoms with Crippen LogP contribution in [0.1, 0.15) is 43.4 Å². The Kier molecular flexibility index (Phi) is 4.28. The van der Waals surface area contributed by atoms with E-state index in [1.165, 1.54) is 4.68 Å². The molecule has 8 heteroatoms. The SMILES string of the molecule is CC(C)(C)c1ccc(=O)n(CC2CN(C(=O)c3cc4n(n3)CCCO4)C2)n1. The number of ether oxygens (including phenoxy) is 1. The maximum atomic E-state index is 12.6. The average Bonchev–Trinajstić information content (AvgIpc) is 3.01. The van der Waals surface area contributed by atoms with Crippen molar-refractivity contribution >= 4 is 5.91 Å². The number of likely N-dealkylation sites (tertiary alicyclic amines) is 1. The van der Waals surface area contributed by atoms with Crippen molar-refractivity contribution in [1.29, 1.82) is 0 Å². The van der Waals surface area contributed by atoms with Gasteiger partial charge in [-0.2, -0.15) is 10.2 Å². The molecule has 0 aliphatic carbocycles. The molecule has 0 aromatic carbocycles. The van der Waals surface area contributed by atoms with Gasteiger partial charge in [-0.15, -0.1) is 0 Å². The minimum atomic E-state index is -0.112. The highest BCUT2D eigenvalue weighted by molar-refractivity contribution is 5.93. The molecule has 0 bridgehead atoms. The molecule has 1 amide bonds. The van der Waals surface area contributed by atoms with Gasteiger partial charge in [0.15, 0.2) is 5.69 Å². The number of carbonyl (C=O) groups excluding carboxylic acids is 1. The fraction of sp³-hybridized carbons (Fsp3) is 0.579. The highest BCUT2D eigenvalue weighted by atomic mass is 16.5. The Morgan fingerprint density at radius 1 is 1.26 bits per heavy atom. The highest BCUT2D eigenvalue weighted by Crippen LogP contribution is 2.24. The van der Waals surface area contributed by atoms with Crippen LogP contribution in [0.25, 0.3) is 0 Å². The first-order valence-corrected chi connectivity index (χ1v) is 9.40. The van der Waals surface area contributed by atoms with Gasteiger partial charge in [0.05, 0.1) is 18.8 Å². The molecule has 8 nitrogen and oxygen atoms in total. The highest BCUT2D eigenvalue weighted by Gasteiger charge is 2.34. The Hall–Kier alpha value is -2.64. The zero-order chi connectivity index (χ0) is 19.2. The molecule has 144 valence electrons. The Morgan fingerprint density at radius 3 is 2.74 bits per heavy atom. The number of rotatable bonds is 3. The molecule has 2 aromatic rings. The van der Waals surface area contributed by atoms with Crippen LogP contribution in [0.15, 0.2) is 23.0 Å². The van der Waals surface area contributed by atoms with E-state index >= 15 is 0 Å². The zero-order valence-electron chi connectivity index (χ0n) is 16.0. The summed E-state index contributed by atoms with van der Waals surface area (Å²) in [4.78, 5) is 26.5. The molecule has 2 aromatic heterocycles. The lowest BCUT2D eigenvalue weighted by Gasteiger charge is -2.38. The van der Waals surface area contributed by atoms with Crippen molar-refractivity contribution in [2.45, 2.75) is 45.7 Å². The first-order valence-electron chi connectivity index (χ1n) is 9.40. The molecule has 0 radical (unpaired) electrons. The summed E-state index contributed by atoms with van der Waals surface area (Å²) in [6.45, 7) is 9.40. The molecule has 1 saturated heterocycles. The zero-order valence-corrected chi connectivity index (χ0v) is 16.0. The van der Waals surface area contributed by atoms with E-state index in [1.54, 1.807) is 27.8 Å². The van der Waals surface area contributed by atoms with Crippen LogP contribution in [0.2, 0.25) is 0 Å². The number of fused-ring (bicyclic) bond motifs is 1. The lowest BCUT2D eigenvalue weighted by molar-refractivity contribution is 0.0451. The molecule has 0 N–H and O–H groups in total. The van der Waals surface area contributed by atoms with Crippen LogP contribution in [0.5, 0.6) is 5.88 Å². The van der Waals surface area contributed by atoms with Crippen LogP contribution in [0.3, 0.4) is 0 Å². The van der Waals surface area contributed by atoms with Crippen molar-refractivity contribution in [2.75, 3.05) is 19.7 Å². The molecule has 4 heterocycles. The number of hydrogen-bond donors (Lipinski definition) is 0. The van der Waals surface area contributed by atoms with Crippen LogP contribution in [0.4, 0.5) is 0 Å². The van der Waals surface area contributed by atoms with Gasteiger partial charge in [0.1, 0.15) is 0 Å². The van der Waals surface area contributed by atoms with E-state index in [-0.39, 0.29) is 22.8 Å². The summed E-state index contributed by atoms with van der Waals surface area (Å²) >= 11 is 0. The Balaban J connectivity index is 1.39. The van der Waals surface area contributed by atoms with Gasteiger partial charge in [0.2, 0.25) is 5.88 Å². The second-order valence-electron chi connectivity index (χ2n) is 8.36. The monoisotopic (exact) mass is 371 g/mol. The molecule has 0 spiro atoms. The standard InChI is InChI=1S/C19H25N5O3/c1-19(2,3)15-5-6-16(25)24(21-15)12-13-10-22(11-13)18(26)14-9-17-23(20-14)7-4-8-27-17/h5-6,9,13H,4,7-8,10-12H2,1-3H3. The van der Waals surface area contributed by atoms with Crippen molar-refractivity contribution in [3.05, 3.63) is 39.9 Å². The van der Waals surface area contributed by atoms with Crippen molar-refractivity contribution in [3.8, 4) is 5.88 Å². The Morgan fingerprint density at radius 2 is 2.04 bits per heavy atom. The minimum Gasteiger partial charge on any atom is -0.478 e. The van der Waals surface area contributed by atoms with Gasteiger partial charge in [0, 0.05) is 49.5 Å². The van der Waals surface area contributed by atoms with Crippen LogP contribution in [-0.4, -0.2) is 50.1 Å². The normalized spacial score (nSPS) is 17.2. The fourth-order valence-corrected chi connectivity index (χ4v) is 3.41. The Bertz CT molecular complexity index is 895. The number of aromatic nitrogens is 4. The molecule has 4 rings (SSSR count). The first-order chi connectivity index (χ1) is 12.8. The molecule has 2 aliphatic heterocycles. The minimum absolute atomic E-state index is 0.0829. The number of nitrogens with zero attached hydrogens (tertiary/aromatic N) is 5. The summed E-state index contributed by atoms with van der Waals surface area (Å²) in [5.41, 5.74) is 1.10. The quantitative estimate of drug-likeness (QED) is 0.812. The predicted octanol–water partition coefficient (Wildman–Crippen LogP) is 1.29. The van der Waals surface area contributed by atoms with E-state index in [2.05, 4.69) is 31.0 Å². The van der Waals surface area contributed by atoms with Gasteiger partial charge < -0.3 is 9.64 Å². The lowest BCUT2D eigenvalue weighted by atomic mass is 9.92. The van der Waals surface area contributed by atoms with Gasteiger partial charge in [-0.25, -0.2) is 9.36 Å². The van der Waals surface area contributed by atoms with Crippen LogP contribution < -0.4 is 10.3 Å². The summed E-state index contributed by atoms with van der Waals surface area (Å²) in [5.74, 6) is 0.805. The third kappa shape index (κ3) is 3.48. The van der Waals surface area contributed by atoms with E-state index in [0.717, 1.165) is 18.7 Å². The Labute approximate surface area is 157 Å². The van der Waals surface area contributed by atoms with E-state index in [0.29, 0.717) is 37.8 Å². The predicted molar refractivity (Wildman–Crippen MR) is 98.9 cm³/mol. The van der Waals surface area contributed by atoms with Crippen molar-refractivity contribution in [2.24, 2.45) is 5.92 Å². The van der Waals surface area contributed by atoms with Gasteiger partial charge in [0.25, 0.3) is 11.5 Å². The second kappa shape index (κ2) is 6.51. The van der Waals surface area contributed by atoms with Crippen LogP contribution >= 0.6 is 0 Å². The van der Waals surface area contributed by atoms with Crippen molar-refractivity contribution in [3.63, 3.8) is 0 Å². The lowest BCUT2D eigenvalue weighted by Crippen LogP contribution is -2.52. The average molecular weight is 371 g/mol. The molecule has 0 unspecified atom stereocenters. The molecule has 0 atom stereocenters. The van der Waals surface area contributed by atoms with Crippen molar-refractivity contribution < 1.29 is 9.53 Å². The number of amides is 1. The summed E-state index contributed by atoms with van der Waals surface area (Å²) in [6.07, 6.45) is 0.906. The van der Waals surface area contributed by atoms with Gasteiger partial charge >= 0.3 is 0 Å². The van der Waals surface area contributed by atoms with E-state index in [1.807, 2.05) is 0 Å². The number of carbonyl (C=O) groups is 1. The van der Waals surface area contributed by atoms with Gasteiger partial charge in [-0.1, -0.05) is 20.8 Å². The topological polar surface area (TPSA) is 82.2 Å². The van der Waals surface area contributed by atoms with Gasteiger partial charge in [-0.05, 0) is 6.07 Å². The first kappa shape index (κ1) is 17.8. The molecule has 0 saturated carbocycles. The van der Waals surface area contributed by atoms with Crippen LogP contribution in [0, 0.1) is 5.92 Å². The number of aryl methyl sites for hydroxylation is 1. The molecular formula is C19H25N5O3.